The Balaban J connectivity index is 3.39. The van der Waals surface area contributed by atoms with Gasteiger partial charge in [0, 0.05) is 12.6 Å². The maximum Gasteiger partial charge on any atom is 0.328 e. The predicted molar refractivity (Wildman–Crippen MR) is 53.8 cm³/mol. The molecule has 0 aliphatic heterocycles. The molecule has 0 aliphatic carbocycles. The molecule has 3 heteroatoms. The number of hydrogen-bond donors (Lipinski definition) is 1. The second kappa shape index (κ2) is 7.80. The summed E-state index contributed by atoms with van der Waals surface area (Å²) in [5.41, 5.74) is 0. The molecule has 3 nitrogen and oxygen atoms in total. The molecule has 0 atom stereocenters. The Morgan fingerprint density at radius 3 is 2.69 bits per heavy atom. The van der Waals surface area contributed by atoms with Crippen LogP contribution in [-0.2, 0) is 4.79 Å². The molecule has 0 aromatic carbocycles. The molecule has 0 heterocycles. The van der Waals surface area contributed by atoms with Crippen molar-refractivity contribution in [3.8, 4) is 0 Å². The zero-order chi connectivity index (χ0) is 10.1. The van der Waals surface area contributed by atoms with Crippen LogP contribution in [0.4, 0.5) is 0 Å². The Kier molecular flexibility index (Phi) is 7.30. The van der Waals surface area contributed by atoms with Gasteiger partial charge in [-0.15, -0.1) is 0 Å². The predicted octanol–water partition coefficient (Wildman–Crippen LogP) is 1.75. The SMILES string of the molecule is CCCCCN(C)C/C=C/C(=O)O. The summed E-state index contributed by atoms with van der Waals surface area (Å²) in [6, 6.07) is 0. The van der Waals surface area contributed by atoms with Crippen molar-refractivity contribution in [3.63, 3.8) is 0 Å². The molecule has 1 N–H and O–H groups in total. The van der Waals surface area contributed by atoms with Crippen LogP contribution in [0.1, 0.15) is 26.2 Å². The fourth-order valence-corrected chi connectivity index (χ4v) is 1.06. The van der Waals surface area contributed by atoms with Crippen LogP contribution in [0.15, 0.2) is 12.2 Å². The van der Waals surface area contributed by atoms with Gasteiger partial charge in [0.05, 0.1) is 0 Å². The first kappa shape index (κ1) is 12.2. The summed E-state index contributed by atoms with van der Waals surface area (Å²) in [6.45, 7) is 3.93. The van der Waals surface area contributed by atoms with Crippen LogP contribution in [0, 0.1) is 0 Å². The van der Waals surface area contributed by atoms with Gasteiger partial charge in [-0.25, -0.2) is 4.79 Å². The Labute approximate surface area is 80.0 Å². The van der Waals surface area contributed by atoms with E-state index < -0.39 is 5.97 Å². The van der Waals surface area contributed by atoms with Crippen molar-refractivity contribution < 1.29 is 9.90 Å². The summed E-state index contributed by atoms with van der Waals surface area (Å²) >= 11 is 0. The van der Waals surface area contributed by atoms with Gasteiger partial charge < -0.3 is 10.0 Å². The van der Waals surface area contributed by atoms with Gasteiger partial charge in [0.1, 0.15) is 0 Å². The highest BCUT2D eigenvalue weighted by Crippen LogP contribution is 1.95. The van der Waals surface area contributed by atoms with Crippen LogP contribution in [0.2, 0.25) is 0 Å². The fourth-order valence-electron chi connectivity index (χ4n) is 1.06. The van der Waals surface area contributed by atoms with E-state index in [-0.39, 0.29) is 0 Å². The normalized spacial score (nSPS) is 11.3. The smallest absolute Gasteiger partial charge is 0.328 e. The zero-order valence-corrected chi connectivity index (χ0v) is 8.49. The first-order chi connectivity index (χ1) is 6.16. The number of carbonyl (C=O) groups is 1. The maximum absolute atomic E-state index is 10.1. The van der Waals surface area contributed by atoms with Gasteiger partial charge >= 0.3 is 5.97 Å². The third kappa shape index (κ3) is 9.08. The van der Waals surface area contributed by atoms with Gasteiger partial charge in [-0.1, -0.05) is 25.8 Å². The van der Waals surface area contributed by atoms with Crippen molar-refractivity contribution in [1.82, 2.24) is 4.90 Å². The molecule has 0 saturated carbocycles. The molecule has 0 rings (SSSR count). The van der Waals surface area contributed by atoms with Crippen molar-refractivity contribution in [2.75, 3.05) is 20.1 Å². The molecule has 0 radical (unpaired) electrons. The molecule has 0 aromatic rings. The lowest BCUT2D eigenvalue weighted by atomic mass is 10.2. The van der Waals surface area contributed by atoms with Crippen molar-refractivity contribution in [2.45, 2.75) is 26.2 Å². The molecule has 76 valence electrons. The van der Waals surface area contributed by atoms with Crippen molar-refractivity contribution >= 4 is 5.97 Å². The standard InChI is InChI=1S/C10H19NO2/c1-3-4-5-8-11(2)9-6-7-10(12)13/h6-7H,3-5,8-9H2,1-2H3,(H,12,13)/b7-6+. The van der Waals surface area contributed by atoms with Gasteiger partial charge in [0.2, 0.25) is 0 Å². The highest BCUT2D eigenvalue weighted by atomic mass is 16.4. The minimum absolute atomic E-state index is 0.718. The first-order valence-corrected chi connectivity index (χ1v) is 4.74. The van der Waals surface area contributed by atoms with Crippen molar-refractivity contribution in [2.24, 2.45) is 0 Å². The average Bonchev–Trinajstić information content (AvgIpc) is 2.04. The monoisotopic (exact) mass is 185 g/mol. The molecular weight excluding hydrogens is 166 g/mol. The molecule has 0 unspecified atom stereocenters. The lowest BCUT2D eigenvalue weighted by Gasteiger charge is -2.12. The molecule has 0 aromatic heterocycles. The molecule has 0 bridgehead atoms. The van der Waals surface area contributed by atoms with Gasteiger partial charge in [-0.05, 0) is 20.0 Å². The Bertz CT molecular complexity index is 166. The van der Waals surface area contributed by atoms with E-state index in [1.165, 1.54) is 25.3 Å². The van der Waals surface area contributed by atoms with E-state index in [0.29, 0.717) is 0 Å². The minimum atomic E-state index is -0.873. The lowest BCUT2D eigenvalue weighted by molar-refractivity contribution is -0.131. The summed E-state index contributed by atoms with van der Waals surface area (Å²) in [4.78, 5) is 12.3. The van der Waals surface area contributed by atoms with E-state index in [4.69, 9.17) is 5.11 Å². The molecular formula is C10H19NO2. The van der Waals surface area contributed by atoms with E-state index in [1.807, 2.05) is 7.05 Å². The summed E-state index contributed by atoms with van der Waals surface area (Å²) in [5, 5.41) is 8.34. The van der Waals surface area contributed by atoms with Crippen LogP contribution < -0.4 is 0 Å². The van der Waals surface area contributed by atoms with Crippen LogP contribution in [0.3, 0.4) is 0 Å². The highest BCUT2D eigenvalue weighted by molar-refractivity contribution is 5.79. The van der Waals surface area contributed by atoms with E-state index >= 15 is 0 Å². The molecule has 0 amide bonds. The second-order valence-corrected chi connectivity index (χ2v) is 3.21. The lowest BCUT2D eigenvalue weighted by Crippen LogP contribution is -2.19. The number of likely N-dealkylation sites (N-methyl/N-ethyl adjacent to an activating group) is 1. The Morgan fingerprint density at radius 2 is 2.15 bits per heavy atom. The van der Waals surface area contributed by atoms with Gasteiger partial charge in [-0.2, -0.15) is 0 Å². The maximum atomic E-state index is 10.1. The molecule has 0 fully saturated rings. The Hall–Kier alpha value is -0.830. The first-order valence-electron chi connectivity index (χ1n) is 4.74. The largest absolute Gasteiger partial charge is 0.478 e. The van der Waals surface area contributed by atoms with E-state index in [1.54, 1.807) is 6.08 Å². The number of aliphatic carboxylic acids is 1. The fraction of sp³-hybridized carbons (Fsp3) is 0.700. The topological polar surface area (TPSA) is 40.5 Å². The summed E-state index contributed by atoms with van der Waals surface area (Å²) in [6.07, 6.45) is 6.52. The summed E-state index contributed by atoms with van der Waals surface area (Å²) in [5.74, 6) is -0.873. The van der Waals surface area contributed by atoms with Crippen molar-refractivity contribution in [1.29, 1.82) is 0 Å². The minimum Gasteiger partial charge on any atom is -0.478 e. The second-order valence-electron chi connectivity index (χ2n) is 3.21. The number of rotatable bonds is 7. The quantitative estimate of drug-likeness (QED) is 0.485. The van der Waals surface area contributed by atoms with Crippen LogP contribution in [0.25, 0.3) is 0 Å². The van der Waals surface area contributed by atoms with Crippen molar-refractivity contribution in [3.05, 3.63) is 12.2 Å². The van der Waals surface area contributed by atoms with E-state index in [9.17, 15) is 4.79 Å². The molecule has 0 saturated heterocycles. The zero-order valence-electron chi connectivity index (χ0n) is 8.49. The molecule has 13 heavy (non-hydrogen) atoms. The van der Waals surface area contributed by atoms with Crippen LogP contribution in [-0.4, -0.2) is 36.1 Å². The summed E-state index contributed by atoms with van der Waals surface area (Å²) < 4.78 is 0. The van der Waals surface area contributed by atoms with Gasteiger partial charge in [-0.3, -0.25) is 0 Å². The third-order valence-electron chi connectivity index (χ3n) is 1.82. The number of hydrogen-bond acceptors (Lipinski definition) is 2. The number of carboxylic acids is 1. The van der Waals surface area contributed by atoms with Gasteiger partial charge in [0.15, 0.2) is 0 Å². The number of nitrogens with zero attached hydrogens (tertiary/aromatic N) is 1. The van der Waals surface area contributed by atoms with E-state index in [0.717, 1.165) is 13.1 Å². The van der Waals surface area contributed by atoms with E-state index in [2.05, 4.69) is 11.8 Å². The number of carboxylic acid groups (broad SMARTS) is 1. The van der Waals surface area contributed by atoms with Gasteiger partial charge in [0.25, 0.3) is 0 Å². The average molecular weight is 185 g/mol. The molecule has 0 aliphatic rings. The molecule has 0 spiro atoms. The Morgan fingerprint density at radius 1 is 1.46 bits per heavy atom. The van der Waals surface area contributed by atoms with Crippen LogP contribution in [0.5, 0.6) is 0 Å². The third-order valence-corrected chi connectivity index (χ3v) is 1.82. The number of unbranched alkanes of at least 4 members (excludes halogenated alkanes) is 2. The highest BCUT2D eigenvalue weighted by Gasteiger charge is 1.94. The van der Waals surface area contributed by atoms with Crippen LogP contribution >= 0.6 is 0 Å². The summed E-state index contributed by atoms with van der Waals surface area (Å²) in [7, 11) is 2.00.